The topological polar surface area (TPSA) is 76.7 Å². The highest BCUT2D eigenvalue weighted by Crippen LogP contribution is 2.17. The van der Waals surface area contributed by atoms with E-state index in [2.05, 4.69) is 17.2 Å². The molecule has 0 atom stereocenters. The van der Waals surface area contributed by atoms with Crippen LogP contribution in [0, 0.1) is 0 Å². The van der Waals surface area contributed by atoms with Crippen LogP contribution in [0.4, 0.5) is 11.4 Å². The highest BCUT2D eigenvalue weighted by atomic mass is 16.5. The first-order valence-corrected chi connectivity index (χ1v) is 7.69. The Hall–Kier alpha value is -3.28. The SMILES string of the molecule is C=CCNc1ccccc1C(=O)OCC(=O)Nc1ccc(OC)cc1. The van der Waals surface area contributed by atoms with Gasteiger partial charge in [0.15, 0.2) is 6.61 Å². The summed E-state index contributed by atoms with van der Waals surface area (Å²) >= 11 is 0. The van der Waals surface area contributed by atoms with E-state index in [1.807, 2.05) is 0 Å². The highest BCUT2D eigenvalue weighted by molar-refractivity contribution is 5.98. The molecule has 0 saturated heterocycles. The number of esters is 1. The van der Waals surface area contributed by atoms with Crippen molar-refractivity contribution in [3.63, 3.8) is 0 Å². The minimum Gasteiger partial charge on any atom is -0.497 e. The summed E-state index contributed by atoms with van der Waals surface area (Å²) in [7, 11) is 1.56. The fourth-order valence-corrected chi connectivity index (χ4v) is 2.08. The first-order valence-electron chi connectivity index (χ1n) is 7.69. The van der Waals surface area contributed by atoms with Crippen LogP contribution >= 0.6 is 0 Å². The molecular weight excluding hydrogens is 320 g/mol. The summed E-state index contributed by atoms with van der Waals surface area (Å²) in [6.45, 7) is 3.76. The predicted octanol–water partition coefficient (Wildman–Crippen LogP) is 3.09. The van der Waals surface area contributed by atoms with Gasteiger partial charge in [-0.3, -0.25) is 4.79 Å². The molecule has 0 aliphatic heterocycles. The normalized spacial score (nSPS) is 9.80. The summed E-state index contributed by atoms with van der Waals surface area (Å²) in [5.74, 6) is -0.305. The number of amides is 1. The molecule has 0 unspecified atom stereocenters. The summed E-state index contributed by atoms with van der Waals surface area (Å²) in [5, 5.41) is 5.70. The Balaban J connectivity index is 1.90. The molecule has 0 saturated carbocycles. The van der Waals surface area contributed by atoms with Crippen molar-refractivity contribution in [1.29, 1.82) is 0 Å². The molecule has 25 heavy (non-hydrogen) atoms. The van der Waals surface area contributed by atoms with Crippen LogP contribution in [0.5, 0.6) is 5.75 Å². The van der Waals surface area contributed by atoms with Gasteiger partial charge in [-0.1, -0.05) is 18.2 Å². The van der Waals surface area contributed by atoms with Crippen LogP contribution in [0.25, 0.3) is 0 Å². The molecule has 2 aromatic rings. The lowest BCUT2D eigenvalue weighted by Crippen LogP contribution is -2.21. The summed E-state index contributed by atoms with van der Waals surface area (Å²) in [4.78, 5) is 24.1. The van der Waals surface area contributed by atoms with E-state index >= 15 is 0 Å². The van der Waals surface area contributed by atoms with Gasteiger partial charge in [-0.2, -0.15) is 0 Å². The number of ether oxygens (including phenoxy) is 2. The maximum atomic E-state index is 12.2. The van der Waals surface area contributed by atoms with E-state index in [1.165, 1.54) is 0 Å². The van der Waals surface area contributed by atoms with Crippen LogP contribution in [0.2, 0.25) is 0 Å². The third-order valence-electron chi connectivity index (χ3n) is 3.29. The minimum atomic E-state index is -0.572. The summed E-state index contributed by atoms with van der Waals surface area (Å²) in [5.41, 5.74) is 1.58. The predicted molar refractivity (Wildman–Crippen MR) is 97.0 cm³/mol. The van der Waals surface area contributed by atoms with Gasteiger partial charge in [-0.15, -0.1) is 6.58 Å². The molecule has 2 rings (SSSR count). The average molecular weight is 340 g/mol. The molecule has 0 radical (unpaired) electrons. The molecule has 0 heterocycles. The maximum Gasteiger partial charge on any atom is 0.340 e. The second-order valence-corrected chi connectivity index (χ2v) is 5.07. The van der Waals surface area contributed by atoms with Crippen molar-refractivity contribution in [2.75, 3.05) is 30.9 Å². The van der Waals surface area contributed by atoms with Gasteiger partial charge in [0, 0.05) is 17.9 Å². The quantitative estimate of drug-likeness (QED) is 0.570. The number of nitrogens with one attached hydrogen (secondary N) is 2. The zero-order valence-corrected chi connectivity index (χ0v) is 14.0. The number of hydrogen-bond acceptors (Lipinski definition) is 5. The second-order valence-electron chi connectivity index (χ2n) is 5.07. The van der Waals surface area contributed by atoms with E-state index in [-0.39, 0.29) is 6.61 Å². The van der Waals surface area contributed by atoms with E-state index < -0.39 is 11.9 Å². The highest BCUT2D eigenvalue weighted by Gasteiger charge is 2.14. The van der Waals surface area contributed by atoms with E-state index in [0.29, 0.717) is 29.2 Å². The lowest BCUT2D eigenvalue weighted by Gasteiger charge is -2.11. The van der Waals surface area contributed by atoms with Crippen LogP contribution in [-0.4, -0.2) is 32.1 Å². The van der Waals surface area contributed by atoms with Gasteiger partial charge in [-0.05, 0) is 36.4 Å². The molecular formula is C19H20N2O4. The molecule has 0 aliphatic carbocycles. The van der Waals surface area contributed by atoms with Crippen molar-refractivity contribution < 1.29 is 19.1 Å². The molecule has 130 valence electrons. The first-order chi connectivity index (χ1) is 12.1. The lowest BCUT2D eigenvalue weighted by atomic mass is 10.2. The summed E-state index contributed by atoms with van der Waals surface area (Å²) in [6, 6.07) is 13.8. The molecule has 2 aromatic carbocycles. The van der Waals surface area contributed by atoms with Crippen molar-refractivity contribution in [3.8, 4) is 5.75 Å². The standard InChI is InChI=1S/C19H20N2O4/c1-3-12-20-17-7-5-4-6-16(17)19(23)25-13-18(22)21-14-8-10-15(24-2)11-9-14/h3-11,20H,1,12-13H2,2H3,(H,21,22). The molecule has 0 bridgehead atoms. The van der Waals surface area contributed by atoms with E-state index in [0.717, 1.165) is 0 Å². The number of rotatable bonds is 8. The van der Waals surface area contributed by atoms with E-state index in [1.54, 1.807) is 61.7 Å². The van der Waals surface area contributed by atoms with Gasteiger partial charge in [0.2, 0.25) is 0 Å². The average Bonchev–Trinajstić information content (AvgIpc) is 2.65. The number of anilines is 2. The lowest BCUT2D eigenvalue weighted by molar-refractivity contribution is -0.119. The van der Waals surface area contributed by atoms with E-state index in [9.17, 15) is 9.59 Å². The summed E-state index contributed by atoms with van der Waals surface area (Å²) in [6.07, 6.45) is 1.68. The van der Waals surface area contributed by atoms with Gasteiger partial charge in [0.05, 0.1) is 12.7 Å². The van der Waals surface area contributed by atoms with Crippen molar-refractivity contribution >= 4 is 23.3 Å². The summed E-state index contributed by atoms with van der Waals surface area (Å²) < 4.78 is 10.1. The first kappa shape index (κ1) is 18.1. The Bertz CT molecular complexity index is 741. The Kier molecular flexibility index (Phi) is 6.59. The van der Waals surface area contributed by atoms with Gasteiger partial charge in [-0.25, -0.2) is 4.79 Å². The number of carbonyl (C=O) groups is 2. The molecule has 0 spiro atoms. The molecule has 0 aliphatic rings. The fourth-order valence-electron chi connectivity index (χ4n) is 2.08. The number of para-hydroxylation sites is 1. The molecule has 1 amide bonds. The van der Waals surface area contributed by atoms with Gasteiger partial charge in [0.25, 0.3) is 5.91 Å². The Morgan fingerprint density at radius 1 is 1.12 bits per heavy atom. The van der Waals surface area contributed by atoms with E-state index in [4.69, 9.17) is 9.47 Å². The molecule has 6 heteroatoms. The Morgan fingerprint density at radius 3 is 2.52 bits per heavy atom. The number of methoxy groups -OCH3 is 1. The van der Waals surface area contributed by atoms with Crippen LogP contribution in [0.1, 0.15) is 10.4 Å². The Labute approximate surface area is 146 Å². The number of benzene rings is 2. The Morgan fingerprint density at radius 2 is 1.84 bits per heavy atom. The molecule has 2 N–H and O–H groups in total. The fraction of sp³-hybridized carbons (Fsp3) is 0.158. The smallest absolute Gasteiger partial charge is 0.340 e. The van der Waals surface area contributed by atoms with Crippen molar-refractivity contribution in [1.82, 2.24) is 0 Å². The van der Waals surface area contributed by atoms with Crippen LogP contribution < -0.4 is 15.4 Å². The van der Waals surface area contributed by atoms with Gasteiger partial charge < -0.3 is 20.1 Å². The third-order valence-corrected chi connectivity index (χ3v) is 3.29. The van der Waals surface area contributed by atoms with Crippen molar-refractivity contribution in [3.05, 3.63) is 66.7 Å². The van der Waals surface area contributed by atoms with Gasteiger partial charge >= 0.3 is 5.97 Å². The van der Waals surface area contributed by atoms with Crippen LogP contribution in [0.3, 0.4) is 0 Å². The van der Waals surface area contributed by atoms with Gasteiger partial charge in [0.1, 0.15) is 5.75 Å². The largest absolute Gasteiger partial charge is 0.497 e. The zero-order valence-electron chi connectivity index (χ0n) is 14.0. The van der Waals surface area contributed by atoms with Crippen LogP contribution in [-0.2, 0) is 9.53 Å². The maximum absolute atomic E-state index is 12.2. The molecule has 0 fully saturated rings. The number of hydrogen-bond donors (Lipinski definition) is 2. The second kappa shape index (κ2) is 9.12. The van der Waals surface area contributed by atoms with Crippen molar-refractivity contribution in [2.45, 2.75) is 0 Å². The van der Waals surface area contributed by atoms with Crippen LogP contribution in [0.15, 0.2) is 61.2 Å². The third kappa shape index (κ3) is 5.39. The number of carbonyl (C=O) groups excluding carboxylic acids is 2. The van der Waals surface area contributed by atoms with Crippen molar-refractivity contribution in [2.24, 2.45) is 0 Å². The molecule has 0 aromatic heterocycles. The minimum absolute atomic E-state index is 0.363. The molecule has 6 nitrogen and oxygen atoms in total. The zero-order chi connectivity index (χ0) is 18.1. The monoisotopic (exact) mass is 340 g/mol.